The van der Waals surface area contributed by atoms with Gasteiger partial charge in [0.15, 0.2) is 11.5 Å². The fourth-order valence-corrected chi connectivity index (χ4v) is 3.46. The van der Waals surface area contributed by atoms with Gasteiger partial charge in [-0.1, -0.05) is 0 Å². The molecule has 1 aromatic rings. The summed E-state index contributed by atoms with van der Waals surface area (Å²) in [6.45, 7) is 0. The van der Waals surface area contributed by atoms with Crippen LogP contribution in [0.1, 0.15) is 36.0 Å². The molecular formula is C16H19NO5. The van der Waals surface area contributed by atoms with Crippen molar-refractivity contribution in [3.05, 3.63) is 23.8 Å². The van der Waals surface area contributed by atoms with Crippen LogP contribution in [0.2, 0.25) is 0 Å². The zero-order valence-corrected chi connectivity index (χ0v) is 12.4. The number of carbonyl (C=O) groups is 2. The molecule has 0 spiro atoms. The van der Waals surface area contributed by atoms with Crippen molar-refractivity contribution in [3.63, 3.8) is 0 Å². The minimum atomic E-state index is -0.428. The van der Waals surface area contributed by atoms with Crippen molar-refractivity contribution in [2.45, 2.75) is 43.9 Å². The maximum absolute atomic E-state index is 12.2. The topological polar surface area (TPSA) is 76.1 Å². The normalized spacial score (nSPS) is 26.6. The standard InChI is InChI=1S/C16H19NO5/c1-21-15-6-10(2-5-14(15)19)16(20)22-13-7-11-3-4-12(8-13)17(11)9-18/h2,5-6,9,11-13,19H,3-4,7-8H2,1H3/t11-,12+,13?. The average molecular weight is 305 g/mol. The van der Waals surface area contributed by atoms with E-state index in [2.05, 4.69) is 0 Å². The third-order valence-corrected chi connectivity index (χ3v) is 4.56. The van der Waals surface area contributed by atoms with Crippen LogP contribution in [-0.2, 0) is 9.53 Å². The van der Waals surface area contributed by atoms with Crippen molar-refractivity contribution in [1.82, 2.24) is 4.90 Å². The molecule has 0 saturated carbocycles. The molecule has 1 unspecified atom stereocenters. The van der Waals surface area contributed by atoms with Crippen LogP contribution in [0.4, 0.5) is 0 Å². The second kappa shape index (κ2) is 5.87. The van der Waals surface area contributed by atoms with E-state index in [1.807, 2.05) is 4.90 Å². The molecule has 6 heteroatoms. The summed E-state index contributed by atoms with van der Waals surface area (Å²) in [5.74, 6) is -0.205. The van der Waals surface area contributed by atoms with Gasteiger partial charge in [0.05, 0.1) is 12.7 Å². The second-order valence-corrected chi connectivity index (χ2v) is 5.82. The molecule has 2 aliphatic heterocycles. The Hall–Kier alpha value is -2.24. The molecule has 2 saturated heterocycles. The first kappa shape index (κ1) is 14.7. The number of benzene rings is 1. The predicted octanol–water partition coefficient (Wildman–Crippen LogP) is 1.71. The molecule has 0 aliphatic carbocycles. The lowest BCUT2D eigenvalue weighted by Gasteiger charge is -2.35. The van der Waals surface area contributed by atoms with E-state index in [0.717, 1.165) is 19.3 Å². The van der Waals surface area contributed by atoms with Gasteiger partial charge in [-0.25, -0.2) is 4.79 Å². The number of rotatable bonds is 4. The van der Waals surface area contributed by atoms with Crippen molar-refractivity contribution >= 4 is 12.4 Å². The average Bonchev–Trinajstić information content (AvgIpc) is 2.77. The van der Waals surface area contributed by atoms with E-state index in [1.165, 1.54) is 25.3 Å². The van der Waals surface area contributed by atoms with Crippen molar-refractivity contribution in [2.75, 3.05) is 7.11 Å². The number of carbonyl (C=O) groups excluding carboxylic acids is 2. The fourth-order valence-electron chi connectivity index (χ4n) is 3.46. The van der Waals surface area contributed by atoms with Crippen LogP contribution >= 0.6 is 0 Å². The minimum Gasteiger partial charge on any atom is -0.504 e. The van der Waals surface area contributed by atoms with Crippen LogP contribution < -0.4 is 4.74 Å². The molecule has 3 rings (SSSR count). The number of hydrogen-bond donors (Lipinski definition) is 1. The first-order valence-electron chi connectivity index (χ1n) is 7.43. The number of ether oxygens (including phenoxy) is 2. The molecule has 22 heavy (non-hydrogen) atoms. The third-order valence-electron chi connectivity index (χ3n) is 4.56. The number of aromatic hydroxyl groups is 1. The number of amides is 1. The predicted molar refractivity (Wildman–Crippen MR) is 77.8 cm³/mol. The summed E-state index contributed by atoms with van der Waals surface area (Å²) >= 11 is 0. The molecule has 1 N–H and O–H groups in total. The summed E-state index contributed by atoms with van der Waals surface area (Å²) in [6.07, 6.45) is 4.08. The van der Waals surface area contributed by atoms with Crippen LogP contribution in [0.3, 0.4) is 0 Å². The van der Waals surface area contributed by atoms with E-state index in [9.17, 15) is 14.7 Å². The summed E-state index contributed by atoms with van der Waals surface area (Å²) < 4.78 is 10.6. The van der Waals surface area contributed by atoms with Crippen LogP contribution in [-0.4, -0.2) is 47.7 Å². The highest BCUT2D eigenvalue weighted by atomic mass is 16.5. The highest BCUT2D eigenvalue weighted by molar-refractivity contribution is 5.90. The van der Waals surface area contributed by atoms with Crippen molar-refractivity contribution in [3.8, 4) is 11.5 Å². The molecule has 2 heterocycles. The zero-order valence-electron chi connectivity index (χ0n) is 12.4. The Morgan fingerprint density at radius 1 is 1.32 bits per heavy atom. The Kier molecular flexibility index (Phi) is 3.92. The number of nitrogens with zero attached hydrogens (tertiary/aromatic N) is 1. The van der Waals surface area contributed by atoms with E-state index >= 15 is 0 Å². The van der Waals surface area contributed by atoms with Gasteiger partial charge in [-0.3, -0.25) is 4.79 Å². The lowest BCUT2D eigenvalue weighted by Crippen LogP contribution is -2.45. The van der Waals surface area contributed by atoms with Gasteiger partial charge in [0, 0.05) is 24.9 Å². The number of methoxy groups -OCH3 is 1. The summed E-state index contributed by atoms with van der Waals surface area (Å²) in [5.41, 5.74) is 0.347. The van der Waals surface area contributed by atoms with Crippen molar-refractivity contribution in [1.29, 1.82) is 0 Å². The zero-order chi connectivity index (χ0) is 15.7. The highest BCUT2D eigenvalue weighted by Gasteiger charge is 2.41. The Morgan fingerprint density at radius 2 is 2.00 bits per heavy atom. The number of phenols is 1. The number of hydrogen-bond acceptors (Lipinski definition) is 5. The van der Waals surface area contributed by atoms with E-state index in [4.69, 9.17) is 9.47 Å². The molecule has 1 amide bonds. The van der Waals surface area contributed by atoms with Crippen LogP contribution in [0.15, 0.2) is 18.2 Å². The molecule has 3 atom stereocenters. The van der Waals surface area contributed by atoms with Gasteiger partial charge in [0.1, 0.15) is 6.10 Å². The third kappa shape index (κ3) is 2.61. The Labute approximate surface area is 128 Å². The number of fused-ring (bicyclic) bond motifs is 2. The van der Waals surface area contributed by atoms with Gasteiger partial charge in [-0.05, 0) is 31.0 Å². The first-order chi connectivity index (χ1) is 10.6. The molecule has 0 radical (unpaired) electrons. The van der Waals surface area contributed by atoms with E-state index < -0.39 is 5.97 Å². The van der Waals surface area contributed by atoms with Crippen LogP contribution in [0, 0.1) is 0 Å². The van der Waals surface area contributed by atoms with Gasteiger partial charge in [0.2, 0.25) is 6.41 Å². The van der Waals surface area contributed by atoms with Crippen molar-refractivity contribution < 1.29 is 24.2 Å². The molecule has 118 valence electrons. The summed E-state index contributed by atoms with van der Waals surface area (Å²) in [6, 6.07) is 4.75. The quantitative estimate of drug-likeness (QED) is 0.677. The lowest BCUT2D eigenvalue weighted by atomic mass is 10.0. The molecule has 6 nitrogen and oxygen atoms in total. The highest BCUT2D eigenvalue weighted by Crippen LogP contribution is 2.36. The van der Waals surface area contributed by atoms with E-state index in [1.54, 1.807) is 0 Å². The van der Waals surface area contributed by atoms with Gasteiger partial charge in [-0.2, -0.15) is 0 Å². The second-order valence-electron chi connectivity index (χ2n) is 5.82. The van der Waals surface area contributed by atoms with Crippen LogP contribution in [0.5, 0.6) is 11.5 Å². The van der Waals surface area contributed by atoms with Gasteiger partial charge >= 0.3 is 5.97 Å². The molecular weight excluding hydrogens is 286 g/mol. The molecule has 2 fully saturated rings. The molecule has 2 bridgehead atoms. The molecule has 0 aromatic heterocycles. The summed E-state index contributed by atoms with van der Waals surface area (Å²) in [5, 5.41) is 9.56. The first-order valence-corrected chi connectivity index (χ1v) is 7.43. The Morgan fingerprint density at radius 3 is 2.59 bits per heavy atom. The van der Waals surface area contributed by atoms with Gasteiger partial charge < -0.3 is 19.5 Å². The van der Waals surface area contributed by atoms with E-state index in [-0.39, 0.29) is 29.7 Å². The van der Waals surface area contributed by atoms with E-state index in [0.29, 0.717) is 18.4 Å². The maximum Gasteiger partial charge on any atom is 0.338 e. The molecule has 2 aliphatic rings. The van der Waals surface area contributed by atoms with Gasteiger partial charge in [-0.15, -0.1) is 0 Å². The smallest absolute Gasteiger partial charge is 0.338 e. The fraction of sp³-hybridized carbons (Fsp3) is 0.500. The SMILES string of the molecule is COc1cc(C(=O)OC2C[C@H]3CC[C@@H](C2)N3C=O)ccc1O. The maximum atomic E-state index is 12.2. The van der Waals surface area contributed by atoms with Crippen molar-refractivity contribution in [2.24, 2.45) is 0 Å². The number of phenolic OH excluding ortho intramolecular Hbond substituents is 1. The minimum absolute atomic E-state index is 0.0172. The number of esters is 1. The van der Waals surface area contributed by atoms with Crippen LogP contribution in [0.25, 0.3) is 0 Å². The van der Waals surface area contributed by atoms with Gasteiger partial charge in [0.25, 0.3) is 0 Å². The Bertz CT molecular complexity index is 574. The largest absolute Gasteiger partial charge is 0.504 e. The number of piperidine rings is 1. The monoisotopic (exact) mass is 305 g/mol. The molecule has 1 aromatic carbocycles. The lowest BCUT2D eigenvalue weighted by molar-refractivity contribution is -0.123. The Balaban J connectivity index is 1.67. The summed E-state index contributed by atoms with van der Waals surface area (Å²) in [4.78, 5) is 25.1. The summed E-state index contributed by atoms with van der Waals surface area (Å²) in [7, 11) is 1.43.